The highest BCUT2D eigenvalue weighted by Crippen LogP contribution is 2.04. The van der Waals surface area contributed by atoms with Gasteiger partial charge < -0.3 is 5.11 Å². The van der Waals surface area contributed by atoms with E-state index in [9.17, 15) is 0 Å². The van der Waals surface area contributed by atoms with Crippen molar-refractivity contribution in [2.45, 2.75) is 6.42 Å². The molecule has 8 heavy (non-hydrogen) atoms. The van der Waals surface area contributed by atoms with Crippen LogP contribution in [0.5, 0.6) is 0 Å². The molecule has 0 saturated heterocycles. The summed E-state index contributed by atoms with van der Waals surface area (Å²) >= 11 is 0. The third-order valence-corrected chi connectivity index (χ3v) is 1.04. The fourth-order valence-corrected chi connectivity index (χ4v) is 0.643. The molecule has 0 bridgehead atoms. The van der Waals surface area contributed by atoms with Gasteiger partial charge in [0, 0.05) is 13.0 Å². The van der Waals surface area contributed by atoms with Crippen LogP contribution in [0.1, 0.15) is 6.42 Å². The SMILES string of the molecule is OCCC1=C=CC=C1. The zero-order valence-electron chi connectivity index (χ0n) is 4.59. The summed E-state index contributed by atoms with van der Waals surface area (Å²) in [5, 5.41) is 8.42. The minimum atomic E-state index is 0.223. The highest BCUT2D eigenvalue weighted by molar-refractivity contribution is 5.28. The molecule has 0 atom stereocenters. The largest absolute Gasteiger partial charge is 0.396 e. The maximum atomic E-state index is 8.42. The molecule has 1 aliphatic carbocycles. The van der Waals surface area contributed by atoms with Crippen LogP contribution < -0.4 is 0 Å². The van der Waals surface area contributed by atoms with Gasteiger partial charge in [-0.05, 0) is 11.6 Å². The average molecular weight is 108 g/mol. The molecule has 0 aliphatic heterocycles. The molecule has 0 unspecified atom stereocenters. The molecule has 0 amide bonds. The Kier molecular flexibility index (Phi) is 1.68. The van der Waals surface area contributed by atoms with E-state index in [1.54, 1.807) is 0 Å². The lowest BCUT2D eigenvalue weighted by Gasteiger charge is -1.87. The smallest absolute Gasteiger partial charge is 0.0477 e. The zero-order chi connectivity index (χ0) is 5.82. The van der Waals surface area contributed by atoms with E-state index < -0.39 is 0 Å². The van der Waals surface area contributed by atoms with Gasteiger partial charge in [-0.2, -0.15) is 0 Å². The van der Waals surface area contributed by atoms with Crippen molar-refractivity contribution >= 4 is 0 Å². The quantitative estimate of drug-likeness (QED) is 0.523. The maximum Gasteiger partial charge on any atom is 0.0477 e. The Morgan fingerprint density at radius 2 is 2.50 bits per heavy atom. The molecular weight excluding hydrogens is 100 g/mol. The minimum Gasteiger partial charge on any atom is -0.396 e. The molecule has 1 N–H and O–H groups in total. The van der Waals surface area contributed by atoms with Crippen molar-refractivity contribution in [1.82, 2.24) is 0 Å². The summed E-state index contributed by atoms with van der Waals surface area (Å²) in [7, 11) is 0. The summed E-state index contributed by atoms with van der Waals surface area (Å²) in [5.74, 6) is 0. The molecule has 0 aromatic rings. The molecule has 42 valence electrons. The Balaban J connectivity index is 2.48. The first-order valence-corrected chi connectivity index (χ1v) is 2.66. The van der Waals surface area contributed by atoms with E-state index in [-0.39, 0.29) is 6.61 Å². The summed E-state index contributed by atoms with van der Waals surface area (Å²) in [6.45, 7) is 0.223. The van der Waals surface area contributed by atoms with Crippen LogP contribution in [-0.2, 0) is 0 Å². The van der Waals surface area contributed by atoms with Gasteiger partial charge in [-0.3, -0.25) is 0 Å². The van der Waals surface area contributed by atoms with Crippen LogP contribution in [-0.4, -0.2) is 11.7 Å². The molecule has 1 heteroatoms. The van der Waals surface area contributed by atoms with Crippen LogP contribution in [0, 0.1) is 0 Å². The van der Waals surface area contributed by atoms with Crippen LogP contribution in [0.4, 0.5) is 0 Å². The van der Waals surface area contributed by atoms with Crippen molar-refractivity contribution in [2.24, 2.45) is 0 Å². The summed E-state index contributed by atoms with van der Waals surface area (Å²) in [6, 6.07) is 0. The minimum absolute atomic E-state index is 0.223. The molecule has 1 aliphatic rings. The molecule has 0 aromatic carbocycles. The van der Waals surface area contributed by atoms with Gasteiger partial charge in [0.25, 0.3) is 0 Å². The normalized spacial score (nSPS) is 14.9. The average Bonchev–Trinajstić information content (AvgIpc) is 2.19. The number of rotatable bonds is 2. The number of hydrogen-bond acceptors (Lipinski definition) is 1. The molecule has 0 heterocycles. The van der Waals surface area contributed by atoms with Gasteiger partial charge in [0.15, 0.2) is 0 Å². The van der Waals surface area contributed by atoms with Crippen LogP contribution >= 0.6 is 0 Å². The summed E-state index contributed by atoms with van der Waals surface area (Å²) in [5.41, 5.74) is 4.07. The predicted molar refractivity (Wildman–Crippen MR) is 32.4 cm³/mol. The molecule has 1 rings (SSSR count). The second-order valence-corrected chi connectivity index (χ2v) is 1.67. The van der Waals surface area contributed by atoms with Crippen molar-refractivity contribution in [3.05, 3.63) is 29.5 Å². The number of aliphatic hydroxyl groups excluding tert-OH is 1. The molecule has 0 radical (unpaired) electrons. The lowest BCUT2D eigenvalue weighted by molar-refractivity contribution is 0.300. The monoisotopic (exact) mass is 108 g/mol. The van der Waals surface area contributed by atoms with E-state index >= 15 is 0 Å². The van der Waals surface area contributed by atoms with E-state index in [4.69, 9.17) is 5.11 Å². The van der Waals surface area contributed by atoms with Gasteiger partial charge >= 0.3 is 0 Å². The van der Waals surface area contributed by atoms with Crippen LogP contribution in [0.2, 0.25) is 0 Å². The van der Waals surface area contributed by atoms with Crippen molar-refractivity contribution in [1.29, 1.82) is 0 Å². The molecule has 1 nitrogen and oxygen atoms in total. The van der Waals surface area contributed by atoms with Crippen molar-refractivity contribution in [2.75, 3.05) is 6.61 Å². The van der Waals surface area contributed by atoms with Gasteiger partial charge in [-0.25, -0.2) is 0 Å². The highest BCUT2D eigenvalue weighted by Gasteiger charge is 1.89. The predicted octanol–water partition coefficient (Wildman–Crippen LogP) is 1.02. The van der Waals surface area contributed by atoms with Gasteiger partial charge in [0.05, 0.1) is 0 Å². The maximum absolute atomic E-state index is 8.42. The Labute approximate surface area is 48.6 Å². The number of allylic oxidation sites excluding steroid dienone is 2. The number of aliphatic hydroxyl groups is 1. The number of hydrogen-bond donors (Lipinski definition) is 1. The van der Waals surface area contributed by atoms with E-state index in [0.29, 0.717) is 0 Å². The van der Waals surface area contributed by atoms with Crippen LogP contribution in [0.3, 0.4) is 0 Å². The third-order valence-electron chi connectivity index (χ3n) is 1.04. The van der Waals surface area contributed by atoms with Gasteiger partial charge in [-0.1, -0.05) is 12.2 Å². The van der Waals surface area contributed by atoms with Crippen molar-refractivity contribution in [3.63, 3.8) is 0 Å². The van der Waals surface area contributed by atoms with Crippen LogP contribution in [0.15, 0.2) is 29.5 Å². The Morgan fingerprint density at radius 1 is 1.62 bits per heavy atom. The Hall–Kier alpha value is -0.780. The van der Waals surface area contributed by atoms with E-state index in [0.717, 1.165) is 12.0 Å². The molecule has 0 fully saturated rings. The molecule has 0 spiro atoms. The first kappa shape index (κ1) is 5.36. The van der Waals surface area contributed by atoms with E-state index in [1.165, 1.54) is 0 Å². The topological polar surface area (TPSA) is 20.2 Å². The fraction of sp³-hybridized carbons (Fsp3) is 0.286. The standard InChI is InChI=1S/C7H8O/c8-6-5-7-3-1-2-4-7/h1-3,8H,5-6H2. The van der Waals surface area contributed by atoms with Crippen molar-refractivity contribution < 1.29 is 5.11 Å². The van der Waals surface area contributed by atoms with E-state index in [2.05, 4.69) is 5.73 Å². The third kappa shape index (κ3) is 1.09. The zero-order valence-corrected chi connectivity index (χ0v) is 4.59. The molecule has 0 aromatic heterocycles. The Morgan fingerprint density at radius 3 is 3.00 bits per heavy atom. The van der Waals surface area contributed by atoms with Gasteiger partial charge in [0.2, 0.25) is 0 Å². The lowest BCUT2D eigenvalue weighted by Crippen LogP contribution is -1.81. The second kappa shape index (κ2) is 2.51. The van der Waals surface area contributed by atoms with Crippen LogP contribution in [0.25, 0.3) is 0 Å². The molecule has 0 saturated carbocycles. The first-order valence-electron chi connectivity index (χ1n) is 2.66. The second-order valence-electron chi connectivity index (χ2n) is 1.67. The first-order chi connectivity index (χ1) is 3.93. The highest BCUT2D eigenvalue weighted by atomic mass is 16.2. The fourth-order valence-electron chi connectivity index (χ4n) is 0.643. The van der Waals surface area contributed by atoms with Gasteiger partial charge in [0.1, 0.15) is 0 Å². The lowest BCUT2D eigenvalue weighted by atomic mass is 10.2. The van der Waals surface area contributed by atoms with E-state index in [1.807, 2.05) is 18.2 Å². The Bertz CT molecular complexity index is 159. The van der Waals surface area contributed by atoms with Gasteiger partial charge in [-0.15, -0.1) is 5.73 Å². The summed E-state index contributed by atoms with van der Waals surface area (Å²) < 4.78 is 0. The summed E-state index contributed by atoms with van der Waals surface area (Å²) in [4.78, 5) is 0. The summed E-state index contributed by atoms with van der Waals surface area (Å²) in [6.07, 6.45) is 6.46. The van der Waals surface area contributed by atoms with Crippen molar-refractivity contribution in [3.8, 4) is 0 Å². The molecular formula is C7H8O.